The first-order chi connectivity index (χ1) is 14.0. The van der Waals surface area contributed by atoms with Crippen molar-refractivity contribution in [2.24, 2.45) is 0 Å². The van der Waals surface area contributed by atoms with Crippen molar-refractivity contribution in [1.29, 1.82) is 0 Å². The largest absolute Gasteiger partial charge is 0.454 e. The van der Waals surface area contributed by atoms with Crippen LogP contribution in [0.25, 0.3) is 0 Å². The number of carbonyl (C=O) groups excluding carboxylic acids is 4. The number of hydrogen-bond donors (Lipinski definition) is 1. The Kier molecular flexibility index (Phi) is 7.59. The minimum atomic E-state index is -1.09. The van der Waals surface area contributed by atoms with Gasteiger partial charge in [0.2, 0.25) is 0 Å². The summed E-state index contributed by atoms with van der Waals surface area (Å²) in [5.41, 5.74) is -0.0354. The van der Waals surface area contributed by atoms with Crippen LogP contribution >= 0.6 is 0 Å². The van der Waals surface area contributed by atoms with Crippen LogP contribution in [-0.2, 0) is 25.5 Å². The van der Waals surface area contributed by atoms with E-state index in [1.165, 1.54) is 0 Å². The van der Waals surface area contributed by atoms with Crippen molar-refractivity contribution >= 4 is 23.8 Å². The Balaban J connectivity index is 1.91. The van der Waals surface area contributed by atoms with Crippen LogP contribution in [0.5, 0.6) is 0 Å². The normalized spacial score (nSPS) is 18.7. The maximum absolute atomic E-state index is 12.8. The minimum absolute atomic E-state index is 0.0348. The topological polar surface area (TPSA) is 96.0 Å². The van der Waals surface area contributed by atoms with E-state index < -0.39 is 36.6 Å². The molecule has 164 valence electrons. The summed E-state index contributed by atoms with van der Waals surface area (Å²) >= 11 is 0. The second-order valence-electron chi connectivity index (χ2n) is 8.29. The lowest BCUT2D eigenvalue weighted by Gasteiger charge is -2.30. The van der Waals surface area contributed by atoms with E-state index in [0.29, 0.717) is 12.8 Å². The number of hydrogen-bond acceptors (Lipinski definition) is 5. The number of rotatable bonds is 9. The molecule has 1 aromatic rings. The molecule has 8 nitrogen and oxygen atoms in total. The van der Waals surface area contributed by atoms with Gasteiger partial charge in [-0.05, 0) is 53.0 Å². The number of imide groups is 1. The predicted octanol–water partition coefficient (Wildman–Crippen LogP) is 2.12. The van der Waals surface area contributed by atoms with Crippen LogP contribution in [0.15, 0.2) is 30.3 Å². The van der Waals surface area contributed by atoms with E-state index in [4.69, 9.17) is 4.74 Å². The number of nitrogens with one attached hydrogen (secondary N) is 1. The Hall–Kier alpha value is -2.90. The summed E-state index contributed by atoms with van der Waals surface area (Å²) in [6, 6.07) is 8.94. The number of aryl methyl sites for hydroxylation is 1. The summed E-state index contributed by atoms with van der Waals surface area (Å²) in [7, 11) is 0. The van der Waals surface area contributed by atoms with Gasteiger partial charge in [0.05, 0.1) is 0 Å². The molecule has 1 heterocycles. The summed E-state index contributed by atoms with van der Waals surface area (Å²) in [6.07, 6.45) is 1.01. The maximum Gasteiger partial charge on any atom is 0.326 e. The van der Waals surface area contributed by atoms with Crippen LogP contribution in [0.1, 0.15) is 46.6 Å². The highest BCUT2D eigenvalue weighted by molar-refractivity contribution is 6.08. The van der Waals surface area contributed by atoms with Crippen molar-refractivity contribution in [3.8, 4) is 0 Å². The van der Waals surface area contributed by atoms with Gasteiger partial charge >= 0.3 is 12.0 Å². The molecule has 1 aromatic carbocycles. The molecule has 0 radical (unpaired) electrons. The van der Waals surface area contributed by atoms with E-state index in [0.717, 1.165) is 10.5 Å². The van der Waals surface area contributed by atoms with Crippen molar-refractivity contribution in [3.05, 3.63) is 35.9 Å². The van der Waals surface area contributed by atoms with Gasteiger partial charge in [0.1, 0.15) is 12.1 Å². The van der Waals surface area contributed by atoms with E-state index >= 15 is 0 Å². The van der Waals surface area contributed by atoms with Crippen LogP contribution in [0.2, 0.25) is 0 Å². The van der Waals surface area contributed by atoms with Gasteiger partial charge in [-0.1, -0.05) is 30.3 Å². The molecule has 1 N–H and O–H groups in total. The van der Waals surface area contributed by atoms with Crippen LogP contribution in [0, 0.1) is 0 Å². The summed E-state index contributed by atoms with van der Waals surface area (Å²) in [4.78, 5) is 52.0. The van der Waals surface area contributed by atoms with Crippen LogP contribution < -0.4 is 5.32 Å². The molecule has 30 heavy (non-hydrogen) atoms. The molecular weight excluding hydrogens is 386 g/mol. The fraction of sp³-hybridized carbons (Fsp3) is 0.545. The van der Waals surface area contributed by atoms with Gasteiger partial charge < -0.3 is 15.0 Å². The minimum Gasteiger partial charge on any atom is -0.454 e. The average molecular weight is 418 g/mol. The maximum atomic E-state index is 12.8. The molecule has 1 saturated heterocycles. The van der Waals surface area contributed by atoms with Crippen molar-refractivity contribution in [3.63, 3.8) is 0 Å². The molecule has 0 aromatic heterocycles. The van der Waals surface area contributed by atoms with Gasteiger partial charge in [0.15, 0.2) is 6.61 Å². The fourth-order valence-electron chi connectivity index (χ4n) is 3.66. The Labute approximate surface area is 177 Å². The van der Waals surface area contributed by atoms with Gasteiger partial charge in [-0.2, -0.15) is 0 Å². The van der Waals surface area contributed by atoms with Gasteiger partial charge in [0, 0.05) is 12.1 Å². The Bertz CT molecular complexity index is 785. The zero-order chi connectivity index (χ0) is 22.5. The number of ether oxygens (including phenoxy) is 1. The molecular formula is C22H31N3O5. The Morgan fingerprint density at radius 2 is 1.70 bits per heavy atom. The highest BCUT2D eigenvalue weighted by Crippen LogP contribution is 2.23. The molecule has 1 aliphatic rings. The number of esters is 1. The molecule has 1 atom stereocenters. The van der Waals surface area contributed by atoms with E-state index in [-0.39, 0.29) is 18.0 Å². The Morgan fingerprint density at radius 1 is 1.10 bits per heavy atom. The second kappa shape index (κ2) is 9.73. The number of carbonyl (C=O) groups is 4. The van der Waals surface area contributed by atoms with Gasteiger partial charge in [0.25, 0.3) is 11.8 Å². The quantitative estimate of drug-likeness (QED) is 0.490. The first kappa shape index (κ1) is 23.4. The summed E-state index contributed by atoms with van der Waals surface area (Å²) < 4.78 is 5.04. The first-order valence-corrected chi connectivity index (χ1v) is 10.2. The lowest BCUT2D eigenvalue weighted by Crippen LogP contribution is -2.45. The van der Waals surface area contributed by atoms with E-state index in [1.54, 1.807) is 11.8 Å². The summed E-state index contributed by atoms with van der Waals surface area (Å²) in [5, 5.41) is 2.67. The molecule has 0 bridgehead atoms. The van der Waals surface area contributed by atoms with Crippen molar-refractivity contribution < 1.29 is 23.9 Å². The van der Waals surface area contributed by atoms with Crippen molar-refractivity contribution in [2.45, 2.75) is 65.1 Å². The van der Waals surface area contributed by atoms with Gasteiger partial charge in [-0.3, -0.25) is 19.3 Å². The molecule has 8 heteroatoms. The summed E-state index contributed by atoms with van der Waals surface area (Å²) in [6.45, 7) is 8.21. The van der Waals surface area contributed by atoms with Gasteiger partial charge in [-0.25, -0.2) is 4.79 Å². The monoisotopic (exact) mass is 417 g/mol. The smallest absolute Gasteiger partial charge is 0.326 e. The molecule has 4 amide bonds. The van der Waals surface area contributed by atoms with Crippen LogP contribution in [-0.4, -0.2) is 64.4 Å². The molecule has 2 rings (SSSR count). The molecule has 0 aliphatic carbocycles. The molecule has 1 fully saturated rings. The third-order valence-corrected chi connectivity index (χ3v) is 5.15. The molecule has 0 unspecified atom stereocenters. The molecule has 0 saturated carbocycles. The fourth-order valence-corrected chi connectivity index (χ4v) is 3.66. The number of amides is 4. The number of nitrogens with zero attached hydrogens (tertiary/aromatic N) is 2. The Morgan fingerprint density at radius 3 is 2.27 bits per heavy atom. The predicted molar refractivity (Wildman–Crippen MR) is 111 cm³/mol. The van der Waals surface area contributed by atoms with E-state index in [1.807, 2.05) is 58.0 Å². The van der Waals surface area contributed by atoms with Crippen LogP contribution in [0.4, 0.5) is 4.79 Å². The van der Waals surface area contributed by atoms with Crippen LogP contribution in [0.3, 0.4) is 0 Å². The van der Waals surface area contributed by atoms with Gasteiger partial charge in [-0.15, -0.1) is 0 Å². The first-order valence-electron chi connectivity index (χ1n) is 10.2. The van der Waals surface area contributed by atoms with E-state index in [9.17, 15) is 19.2 Å². The zero-order valence-corrected chi connectivity index (χ0v) is 18.3. The summed E-state index contributed by atoms with van der Waals surface area (Å²) in [5.74, 6) is -1.59. The van der Waals surface area contributed by atoms with Crippen molar-refractivity contribution in [2.75, 3.05) is 13.2 Å². The molecule has 1 aliphatic heterocycles. The third kappa shape index (κ3) is 5.58. The molecule has 0 spiro atoms. The van der Waals surface area contributed by atoms with Crippen molar-refractivity contribution in [1.82, 2.24) is 15.1 Å². The lowest BCUT2D eigenvalue weighted by atomic mass is 9.93. The van der Waals surface area contributed by atoms with E-state index in [2.05, 4.69) is 5.32 Å². The SMILES string of the molecule is CC(C)N(C(=O)COC(=O)CN1C(=O)N[C@@](C)(CCc2ccccc2)C1=O)C(C)C. The lowest BCUT2D eigenvalue weighted by molar-refractivity contribution is -0.155. The third-order valence-electron chi connectivity index (χ3n) is 5.15. The highest BCUT2D eigenvalue weighted by Gasteiger charge is 2.48. The number of benzene rings is 1. The second-order valence-corrected chi connectivity index (χ2v) is 8.29. The average Bonchev–Trinajstić information content (AvgIpc) is 2.88. The number of urea groups is 1. The standard InChI is InChI=1S/C22H31N3O5/c1-15(2)25(16(3)4)18(26)14-30-19(27)13-24-20(28)22(5,23-21(24)29)12-11-17-9-7-6-8-10-17/h6-10,15-16H,11-14H2,1-5H3,(H,23,29)/t22-/m0/s1. The zero-order valence-electron chi connectivity index (χ0n) is 18.3. The highest BCUT2D eigenvalue weighted by atomic mass is 16.5.